The maximum absolute atomic E-state index is 11.3. The molecule has 1 aliphatic heterocycles. The van der Waals surface area contributed by atoms with Crippen LogP contribution < -0.4 is 10.5 Å². The number of hydrogen-bond acceptors (Lipinski definition) is 3. The van der Waals surface area contributed by atoms with Crippen LogP contribution in [0.2, 0.25) is 0 Å². The van der Waals surface area contributed by atoms with E-state index in [0.29, 0.717) is 6.42 Å². The molecule has 1 atom stereocenters. The Balaban J connectivity index is 2.32. The lowest BCUT2D eigenvalue weighted by Gasteiger charge is -2.32. The number of nitrogens with zero attached hydrogens (tertiary/aromatic N) is 1. The predicted octanol–water partition coefficient (Wildman–Crippen LogP) is 0.537. The fraction of sp³-hybridized carbons (Fsp3) is 0.417. The summed E-state index contributed by atoms with van der Waals surface area (Å²) in [6.45, 7) is 0.757. The Labute approximate surface area is 95.0 Å². The summed E-state index contributed by atoms with van der Waals surface area (Å²) in [5, 5.41) is 0. The molecule has 0 aliphatic carbocycles. The first-order chi connectivity index (χ1) is 7.61. The summed E-state index contributed by atoms with van der Waals surface area (Å²) in [5.41, 5.74) is 7.76. The zero-order chi connectivity index (χ0) is 11.7. The molecular weight excluding hydrogens is 204 g/mol. The van der Waals surface area contributed by atoms with Gasteiger partial charge in [0.15, 0.2) is 0 Å². The number of nitrogens with two attached hydrogens (primary N) is 1. The van der Waals surface area contributed by atoms with Crippen molar-refractivity contribution in [2.45, 2.75) is 19.0 Å². The number of carbonyl (C=O) groups is 1. The molecule has 0 fully saturated rings. The van der Waals surface area contributed by atoms with E-state index in [9.17, 15) is 4.79 Å². The fourth-order valence-electron chi connectivity index (χ4n) is 2.13. The van der Waals surface area contributed by atoms with Crippen molar-refractivity contribution < 1.29 is 9.53 Å². The summed E-state index contributed by atoms with van der Waals surface area (Å²) in [6, 6.07) is 5.76. The van der Waals surface area contributed by atoms with Crippen molar-refractivity contribution in [2.24, 2.45) is 5.73 Å². The van der Waals surface area contributed by atoms with Gasteiger partial charge in [-0.05, 0) is 36.7 Å². The number of likely N-dealkylation sites (N-methyl/N-ethyl adjacent to an activating group) is 1. The molecule has 2 N–H and O–H groups in total. The van der Waals surface area contributed by atoms with Crippen LogP contribution in [0.15, 0.2) is 18.2 Å². The third-order valence-corrected chi connectivity index (χ3v) is 3.11. The largest absolute Gasteiger partial charge is 0.497 e. The lowest BCUT2D eigenvalue weighted by Crippen LogP contribution is -2.46. The quantitative estimate of drug-likeness (QED) is 0.791. The number of methoxy groups -OCH3 is 1. The number of benzene rings is 1. The second-order valence-electron chi connectivity index (χ2n) is 4.17. The van der Waals surface area contributed by atoms with Gasteiger partial charge in [0.25, 0.3) is 0 Å². The molecule has 1 heterocycles. The highest BCUT2D eigenvalue weighted by atomic mass is 16.5. The summed E-state index contributed by atoms with van der Waals surface area (Å²) in [6.07, 6.45) is 0.665. The molecule has 4 heteroatoms. The molecule has 0 bridgehead atoms. The van der Waals surface area contributed by atoms with Gasteiger partial charge in [0.2, 0.25) is 5.91 Å². The summed E-state index contributed by atoms with van der Waals surface area (Å²) in [4.78, 5) is 13.3. The summed E-state index contributed by atoms with van der Waals surface area (Å²) >= 11 is 0. The van der Waals surface area contributed by atoms with Crippen LogP contribution in [0.5, 0.6) is 5.75 Å². The smallest absolute Gasteiger partial charge is 0.235 e. The van der Waals surface area contributed by atoms with Gasteiger partial charge in [-0.25, -0.2) is 0 Å². The molecule has 1 aromatic carbocycles. The number of primary amides is 1. The van der Waals surface area contributed by atoms with E-state index in [1.807, 2.05) is 30.1 Å². The number of fused-ring (bicyclic) bond motifs is 1. The predicted molar refractivity (Wildman–Crippen MR) is 61.1 cm³/mol. The lowest BCUT2D eigenvalue weighted by molar-refractivity contribution is -0.123. The van der Waals surface area contributed by atoms with E-state index in [1.165, 1.54) is 5.56 Å². The van der Waals surface area contributed by atoms with Crippen LogP contribution in [-0.4, -0.2) is 31.0 Å². The highest BCUT2D eigenvalue weighted by molar-refractivity contribution is 5.80. The Morgan fingerprint density at radius 3 is 2.88 bits per heavy atom. The number of hydrogen-bond donors (Lipinski definition) is 1. The molecule has 0 unspecified atom stereocenters. The van der Waals surface area contributed by atoms with Gasteiger partial charge >= 0.3 is 0 Å². The number of carbonyl (C=O) groups excluding carboxylic acids is 1. The van der Waals surface area contributed by atoms with Crippen LogP contribution in [0.4, 0.5) is 0 Å². The van der Waals surface area contributed by atoms with Gasteiger partial charge < -0.3 is 10.5 Å². The minimum atomic E-state index is -0.268. The Morgan fingerprint density at radius 2 is 2.25 bits per heavy atom. The van der Waals surface area contributed by atoms with Crippen LogP contribution in [0.1, 0.15) is 11.1 Å². The molecule has 0 radical (unpaired) electrons. The molecule has 86 valence electrons. The lowest BCUT2D eigenvalue weighted by atomic mass is 9.94. The van der Waals surface area contributed by atoms with E-state index in [2.05, 4.69) is 0 Å². The summed E-state index contributed by atoms with van der Waals surface area (Å²) in [5.74, 6) is 0.558. The molecule has 0 spiro atoms. The van der Waals surface area contributed by atoms with Crippen LogP contribution in [-0.2, 0) is 17.8 Å². The van der Waals surface area contributed by atoms with Gasteiger partial charge in [-0.3, -0.25) is 9.69 Å². The van der Waals surface area contributed by atoms with E-state index < -0.39 is 0 Å². The zero-order valence-electron chi connectivity index (χ0n) is 9.56. The van der Waals surface area contributed by atoms with Crippen molar-refractivity contribution in [1.29, 1.82) is 0 Å². The summed E-state index contributed by atoms with van der Waals surface area (Å²) in [7, 11) is 3.56. The fourth-order valence-corrected chi connectivity index (χ4v) is 2.13. The Bertz CT molecular complexity index is 417. The molecule has 0 aromatic heterocycles. The molecule has 1 aliphatic rings. The van der Waals surface area contributed by atoms with Crippen LogP contribution >= 0.6 is 0 Å². The maximum Gasteiger partial charge on any atom is 0.235 e. The van der Waals surface area contributed by atoms with E-state index in [4.69, 9.17) is 10.5 Å². The molecule has 16 heavy (non-hydrogen) atoms. The first-order valence-electron chi connectivity index (χ1n) is 5.27. The molecule has 1 amide bonds. The third-order valence-electron chi connectivity index (χ3n) is 3.11. The Morgan fingerprint density at radius 1 is 1.50 bits per heavy atom. The first kappa shape index (κ1) is 11.0. The highest BCUT2D eigenvalue weighted by Gasteiger charge is 2.27. The van der Waals surface area contributed by atoms with Crippen LogP contribution in [0.25, 0.3) is 0 Å². The van der Waals surface area contributed by atoms with Crippen LogP contribution in [0.3, 0.4) is 0 Å². The van der Waals surface area contributed by atoms with Gasteiger partial charge in [0.05, 0.1) is 13.2 Å². The Kier molecular flexibility index (Phi) is 2.83. The normalized spacial score (nSPS) is 20.2. The van der Waals surface area contributed by atoms with E-state index in [0.717, 1.165) is 17.9 Å². The van der Waals surface area contributed by atoms with E-state index >= 15 is 0 Å². The minimum absolute atomic E-state index is 0.209. The van der Waals surface area contributed by atoms with Gasteiger partial charge in [-0.1, -0.05) is 6.07 Å². The van der Waals surface area contributed by atoms with Gasteiger partial charge in [-0.2, -0.15) is 0 Å². The van der Waals surface area contributed by atoms with Crippen molar-refractivity contribution in [1.82, 2.24) is 4.90 Å². The number of rotatable bonds is 2. The Hall–Kier alpha value is -1.55. The number of amides is 1. The molecular formula is C12H16N2O2. The standard InChI is InChI=1S/C12H16N2O2/c1-14-7-8-3-4-10(16-2)5-9(8)6-11(14)12(13)15/h3-5,11H,6-7H2,1-2H3,(H2,13,15)/t11-/m0/s1. The van der Waals surface area contributed by atoms with Gasteiger partial charge in [0, 0.05) is 6.54 Å². The third kappa shape index (κ3) is 1.88. The van der Waals surface area contributed by atoms with Crippen molar-refractivity contribution in [3.8, 4) is 5.75 Å². The molecule has 2 rings (SSSR count). The maximum atomic E-state index is 11.3. The second-order valence-corrected chi connectivity index (χ2v) is 4.17. The van der Waals surface area contributed by atoms with Crippen molar-refractivity contribution >= 4 is 5.91 Å². The van der Waals surface area contributed by atoms with E-state index in [1.54, 1.807) is 7.11 Å². The van der Waals surface area contributed by atoms with Crippen molar-refractivity contribution in [3.63, 3.8) is 0 Å². The average molecular weight is 220 g/mol. The highest BCUT2D eigenvalue weighted by Crippen LogP contribution is 2.25. The first-order valence-corrected chi connectivity index (χ1v) is 5.27. The molecule has 0 saturated carbocycles. The average Bonchev–Trinajstić information content (AvgIpc) is 2.27. The SMILES string of the molecule is COc1ccc2c(c1)C[C@@H](C(N)=O)N(C)C2. The molecule has 4 nitrogen and oxygen atoms in total. The summed E-state index contributed by atoms with van der Waals surface area (Å²) < 4.78 is 5.17. The van der Waals surface area contributed by atoms with Crippen LogP contribution in [0, 0.1) is 0 Å². The molecule has 1 aromatic rings. The van der Waals surface area contributed by atoms with Crippen molar-refractivity contribution in [2.75, 3.05) is 14.2 Å². The van der Waals surface area contributed by atoms with E-state index in [-0.39, 0.29) is 11.9 Å². The monoisotopic (exact) mass is 220 g/mol. The van der Waals surface area contributed by atoms with Gasteiger partial charge in [-0.15, -0.1) is 0 Å². The topological polar surface area (TPSA) is 55.6 Å². The van der Waals surface area contributed by atoms with Gasteiger partial charge in [0.1, 0.15) is 5.75 Å². The van der Waals surface area contributed by atoms with Crippen molar-refractivity contribution in [3.05, 3.63) is 29.3 Å². The minimum Gasteiger partial charge on any atom is -0.497 e. The molecule has 0 saturated heterocycles. The number of ether oxygens (including phenoxy) is 1. The zero-order valence-corrected chi connectivity index (χ0v) is 9.56. The second kappa shape index (κ2) is 4.14.